The lowest BCUT2D eigenvalue weighted by Crippen LogP contribution is -2.51. The van der Waals surface area contributed by atoms with Gasteiger partial charge in [-0.3, -0.25) is 0 Å². The van der Waals surface area contributed by atoms with E-state index in [4.69, 9.17) is 4.74 Å². The Bertz CT molecular complexity index is 209. The smallest absolute Gasteiger partial charge is 0.0872 e. The van der Waals surface area contributed by atoms with Crippen LogP contribution in [-0.4, -0.2) is 20.4 Å². The van der Waals surface area contributed by atoms with E-state index in [9.17, 15) is 0 Å². The first-order valence-corrected chi connectivity index (χ1v) is 11.4. The minimum atomic E-state index is -1.25. The highest BCUT2D eigenvalue weighted by atomic mass is 28.3. The van der Waals surface area contributed by atoms with Crippen LogP contribution >= 0.6 is 0 Å². The number of hydrogen-bond acceptors (Lipinski definition) is 1. The molecule has 1 radical (unpaired) electrons. The van der Waals surface area contributed by atoms with Gasteiger partial charge in [0.1, 0.15) is 0 Å². The predicted molar refractivity (Wildman–Crippen MR) is 88.1 cm³/mol. The zero-order chi connectivity index (χ0) is 14.1. The van der Waals surface area contributed by atoms with E-state index in [-0.39, 0.29) is 0 Å². The van der Waals surface area contributed by atoms with Gasteiger partial charge in [0, 0.05) is 6.61 Å². The minimum Gasteiger partial charge on any atom is -0.382 e. The Morgan fingerprint density at radius 1 is 1.00 bits per heavy atom. The van der Waals surface area contributed by atoms with Crippen molar-refractivity contribution in [2.24, 2.45) is 5.92 Å². The van der Waals surface area contributed by atoms with Crippen LogP contribution in [0.25, 0.3) is 0 Å². The Labute approximate surface area is 122 Å². The topological polar surface area (TPSA) is 9.23 Å². The molecule has 1 rings (SSSR count). The molecule has 0 bridgehead atoms. The second kappa shape index (κ2) is 9.18. The van der Waals surface area contributed by atoms with Crippen molar-refractivity contribution in [1.82, 2.24) is 0 Å². The molecule has 0 aromatic carbocycles. The van der Waals surface area contributed by atoms with Crippen LogP contribution in [-0.2, 0) is 4.74 Å². The minimum absolute atomic E-state index is 0.579. The fraction of sp³-hybridized carbons (Fsp3) is 0.941. The SMILES string of the molecule is CCOC(C1[CH]CCCCCC1)[Si](CC)(CC)CC. The fourth-order valence-corrected chi connectivity index (χ4v) is 8.33. The first-order chi connectivity index (χ1) is 9.24. The summed E-state index contributed by atoms with van der Waals surface area (Å²) in [7, 11) is -1.25. The summed E-state index contributed by atoms with van der Waals surface area (Å²) < 4.78 is 6.35. The largest absolute Gasteiger partial charge is 0.382 e. The van der Waals surface area contributed by atoms with E-state index < -0.39 is 8.07 Å². The summed E-state index contributed by atoms with van der Waals surface area (Å²) in [4.78, 5) is 0. The zero-order valence-electron chi connectivity index (χ0n) is 13.7. The van der Waals surface area contributed by atoms with Crippen molar-refractivity contribution in [2.75, 3.05) is 6.61 Å². The zero-order valence-corrected chi connectivity index (χ0v) is 14.7. The molecule has 2 unspecified atom stereocenters. The van der Waals surface area contributed by atoms with Crippen LogP contribution in [0.1, 0.15) is 66.2 Å². The first kappa shape index (κ1) is 17.2. The predicted octanol–water partition coefficient (Wildman–Crippen LogP) is 5.61. The molecule has 19 heavy (non-hydrogen) atoms. The van der Waals surface area contributed by atoms with Crippen LogP contribution < -0.4 is 0 Å². The third-order valence-corrected chi connectivity index (χ3v) is 11.4. The summed E-state index contributed by atoms with van der Waals surface area (Å²) in [6.45, 7) is 10.3. The molecule has 1 fully saturated rings. The molecule has 2 atom stereocenters. The van der Waals surface area contributed by atoms with Crippen LogP contribution in [0.5, 0.6) is 0 Å². The monoisotopic (exact) mass is 283 g/mol. The van der Waals surface area contributed by atoms with Gasteiger partial charge in [-0.15, -0.1) is 0 Å². The lowest BCUT2D eigenvalue weighted by atomic mass is 9.91. The fourth-order valence-electron chi connectivity index (χ4n) is 3.89. The van der Waals surface area contributed by atoms with E-state index in [0.717, 1.165) is 12.5 Å². The van der Waals surface area contributed by atoms with Crippen molar-refractivity contribution in [1.29, 1.82) is 0 Å². The van der Waals surface area contributed by atoms with Crippen molar-refractivity contribution >= 4 is 8.07 Å². The molecule has 0 N–H and O–H groups in total. The van der Waals surface area contributed by atoms with Crippen LogP contribution in [0.3, 0.4) is 0 Å². The first-order valence-electron chi connectivity index (χ1n) is 8.69. The van der Waals surface area contributed by atoms with Gasteiger partial charge in [0.05, 0.1) is 13.8 Å². The van der Waals surface area contributed by atoms with Gasteiger partial charge in [-0.05, 0) is 32.1 Å². The van der Waals surface area contributed by atoms with E-state index in [1.54, 1.807) is 0 Å². The average molecular weight is 284 g/mol. The average Bonchev–Trinajstić information content (AvgIpc) is 2.40. The van der Waals surface area contributed by atoms with Gasteiger partial charge in [0.2, 0.25) is 0 Å². The summed E-state index contributed by atoms with van der Waals surface area (Å²) >= 11 is 0. The van der Waals surface area contributed by atoms with Gasteiger partial charge in [0.15, 0.2) is 0 Å². The molecule has 1 aliphatic rings. The Balaban J connectivity index is 2.82. The lowest BCUT2D eigenvalue weighted by Gasteiger charge is -2.42. The highest BCUT2D eigenvalue weighted by Crippen LogP contribution is 2.36. The number of rotatable bonds is 7. The molecule has 1 nitrogen and oxygen atoms in total. The maximum absolute atomic E-state index is 6.35. The molecular weight excluding hydrogens is 248 g/mol. The summed E-state index contributed by atoms with van der Waals surface area (Å²) in [5.41, 5.74) is 0.579. The summed E-state index contributed by atoms with van der Waals surface area (Å²) in [6, 6.07) is 4.15. The molecule has 1 saturated carbocycles. The van der Waals surface area contributed by atoms with Crippen molar-refractivity contribution < 1.29 is 4.74 Å². The Morgan fingerprint density at radius 3 is 2.21 bits per heavy atom. The Kier molecular flexibility index (Phi) is 8.32. The van der Waals surface area contributed by atoms with Crippen LogP contribution in [0.2, 0.25) is 18.1 Å². The van der Waals surface area contributed by atoms with E-state index in [0.29, 0.717) is 5.73 Å². The van der Waals surface area contributed by atoms with Gasteiger partial charge in [0.25, 0.3) is 0 Å². The molecule has 1 aliphatic carbocycles. The second-order valence-corrected chi connectivity index (χ2v) is 11.6. The van der Waals surface area contributed by atoms with Crippen molar-refractivity contribution in [3.8, 4) is 0 Å². The molecule has 0 aromatic rings. The van der Waals surface area contributed by atoms with E-state index >= 15 is 0 Å². The second-order valence-electron chi connectivity index (χ2n) is 6.19. The van der Waals surface area contributed by atoms with Crippen LogP contribution in [0, 0.1) is 12.3 Å². The maximum Gasteiger partial charge on any atom is 0.0872 e. The maximum atomic E-state index is 6.35. The lowest BCUT2D eigenvalue weighted by molar-refractivity contribution is 0.0710. The van der Waals surface area contributed by atoms with Crippen molar-refractivity contribution in [3.05, 3.63) is 6.42 Å². The standard InChI is InChI=1S/C17H35OSi/c1-5-18-17(19(6-2,7-3)8-4)16-14-12-10-9-11-13-15-16/h14,16-17H,5-13,15H2,1-4H3. The molecule has 0 aromatic heterocycles. The Morgan fingerprint density at radius 2 is 1.63 bits per heavy atom. The highest BCUT2D eigenvalue weighted by molar-refractivity contribution is 6.81. The summed E-state index contributed by atoms with van der Waals surface area (Å²) in [5.74, 6) is 0.742. The molecular formula is C17H35OSi. The van der Waals surface area contributed by atoms with Gasteiger partial charge in [-0.25, -0.2) is 0 Å². The normalized spacial score (nSPS) is 20.8. The molecule has 113 valence electrons. The molecule has 0 aliphatic heterocycles. The van der Waals surface area contributed by atoms with Crippen molar-refractivity contribution in [3.63, 3.8) is 0 Å². The van der Waals surface area contributed by atoms with Crippen molar-refractivity contribution in [2.45, 2.75) is 90.1 Å². The van der Waals surface area contributed by atoms with E-state index in [2.05, 4.69) is 34.1 Å². The number of ether oxygens (including phenoxy) is 1. The van der Waals surface area contributed by atoms with Crippen LogP contribution in [0.4, 0.5) is 0 Å². The van der Waals surface area contributed by atoms with E-state index in [1.807, 2.05) is 0 Å². The van der Waals surface area contributed by atoms with Gasteiger partial charge in [-0.1, -0.05) is 64.6 Å². The summed E-state index contributed by atoms with van der Waals surface area (Å²) in [6.07, 6.45) is 11.0. The van der Waals surface area contributed by atoms with Crippen LogP contribution in [0.15, 0.2) is 0 Å². The number of hydrogen-bond donors (Lipinski definition) is 0. The Hall–Kier alpha value is 0.177. The van der Waals surface area contributed by atoms with Gasteiger partial charge < -0.3 is 4.74 Å². The van der Waals surface area contributed by atoms with Gasteiger partial charge >= 0.3 is 0 Å². The molecule has 0 saturated heterocycles. The molecule has 0 amide bonds. The van der Waals surface area contributed by atoms with E-state index in [1.165, 1.54) is 56.7 Å². The molecule has 0 spiro atoms. The quantitative estimate of drug-likeness (QED) is 0.551. The third-order valence-electron chi connectivity index (χ3n) is 5.41. The third kappa shape index (κ3) is 4.59. The summed E-state index contributed by atoms with van der Waals surface area (Å²) in [5, 5.41) is 0. The van der Waals surface area contributed by atoms with Gasteiger partial charge in [-0.2, -0.15) is 0 Å². The molecule has 0 heterocycles. The molecule has 2 heteroatoms. The highest BCUT2D eigenvalue weighted by Gasteiger charge is 2.41.